The first-order valence-corrected chi connectivity index (χ1v) is 9.23. The second kappa shape index (κ2) is 7.70. The number of hydrogen-bond donors (Lipinski definition) is 1. The Labute approximate surface area is 158 Å². The van der Waals surface area contributed by atoms with E-state index in [-0.39, 0.29) is 12.3 Å². The first-order valence-electron chi connectivity index (χ1n) is 9.23. The molecule has 0 radical (unpaired) electrons. The number of benzene rings is 1. The summed E-state index contributed by atoms with van der Waals surface area (Å²) in [6.07, 6.45) is 6.21. The lowest BCUT2D eigenvalue weighted by Crippen LogP contribution is -2.24. The van der Waals surface area contributed by atoms with Crippen molar-refractivity contribution in [3.8, 4) is 5.75 Å². The third-order valence-corrected chi connectivity index (χ3v) is 4.94. The fourth-order valence-electron chi connectivity index (χ4n) is 3.42. The van der Waals surface area contributed by atoms with Gasteiger partial charge in [0, 0.05) is 42.8 Å². The zero-order valence-corrected chi connectivity index (χ0v) is 15.4. The molecule has 4 rings (SSSR count). The van der Waals surface area contributed by atoms with Crippen LogP contribution < -0.4 is 15.0 Å². The predicted molar refractivity (Wildman–Crippen MR) is 104 cm³/mol. The number of aromatic nitrogens is 1. The Bertz CT molecular complexity index is 927. The molecule has 140 valence electrons. The van der Waals surface area contributed by atoms with E-state index in [0.717, 1.165) is 46.8 Å². The van der Waals surface area contributed by atoms with E-state index in [0.29, 0.717) is 6.54 Å². The van der Waals surface area contributed by atoms with E-state index in [9.17, 15) is 4.79 Å². The van der Waals surface area contributed by atoms with Gasteiger partial charge in [-0.1, -0.05) is 6.07 Å². The number of fused-ring (bicyclic) bond motifs is 1. The van der Waals surface area contributed by atoms with E-state index < -0.39 is 0 Å². The molecule has 27 heavy (non-hydrogen) atoms. The van der Waals surface area contributed by atoms with Crippen molar-refractivity contribution >= 4 is 22.7 Å². The average Bonchev–Trinajstić information content (AvgIpc) is 3.37. The maximum atomic E-state index is 12.3. The summed E-state index contributed by atoms with van der Waals surface area (Å²) in [6.45, 7) is 2.62. The molecule has 3 heterocycles. The summed E-state index contributed by atoms with van der Waals surface area (Å²) >= 11 is 0. The van der Waals surface area contributed by atoms with E-state index in [4.69, 9.17) is 9.15 Å². The number of rotatable bonds is 6. The summed E-state index contributed by atoms with van der Waals surface area (Å²) < 4.78 is 10.7. The van der Waals surface area contributed by atoms with Gasteiger partial charge >= 0.3 is 0 Å². The molecule has 3 aromatic rings. The highest BCUT2D eigenvalue weighted by atomic mass is 16.5. The number of pyridine rings is 1. The molecule has 0 saturated carbocycles. The van der Waals surface area contributed by atoms with Crippen molar-refractivity contribution in [3.63, 3.8) is 0 Å². The molecule has 1 aromatic carbocycles. The van der Waals surface area contributed by atoms with Gasteiger partial charge in [0.15, 0.2) is 0 Å². The molecule has 0 atom stereocenters. The molecule has 1 amide bonds. The SMILES string of the molecule is COc1ccc2c(CC(=O)NCc3ccc(N4CCCC4)nc3)coc2c1. The van der Waals surface area contributed by atoms with Crippen molar-refractivity contribution in [2.75, 3.05) is 25.1 Å². The number of carbonyl (C=O) groups is 1. The van der Waals surface area contributed by atoms with Gasteiger partial charge < -0.3 is 19.4 Å². The van der Waals surface area contributed by atoms with Crippen molar-refractivity contribution in [2.45, 2.75) is 25.8 Å². The van der Waals surface area contributed by atoms with Crippen LogP contribution in [0, 0.1) is 0 Å². The first-order chi connectivity index (χ1) is 13.2. The van der Waals surface area contributed by atoms with Crippen molar-refractivity contribution < 1.29 is 13.9 Å². The maximum absolute atomic E-state index is 12.3. The number of furan rings is 1. The standard InChI is InChI=1S/C21H23N3O3/c1-26-17-5-6-18-16(14-27-19(18)11-17)10-21(25)23-13-15-4-7-20(22-12-15)24-8-2-3-9-24/h4-7,11-12,14H,2-3,8-10,13H2,1H3,(H,23,25). The first kappa shape index (κ1) is 17.4. The molecule has 1 N–H and O–H groups in total. The number of carbonyl (C=O) groups excluding carboxylic acids is 1. The summed E-state index contributed by atoms with van der Waals surface area (Å²) in [4.78, 5) is 19.1. The van der Waals surface area contributed by atoms with Crippen molar-refractivity contribution in [1.29, 1.82) is 0 Å². The number of anilines is 1. The summed E-state index contributed by atoms with van der Waals surface area (Å²) in [5.41, 5.74) is 2.58. The minimum absolute atomic E-state index is 0.0443. The summed E-state index contributed by atoms with van der Waals surface area (Å²) in [5, 5.41) is 3.89. The van der Waals surface area contributed by atoms with E-state index >= 15 is 0 Å². The highest BCUT2D eigenvalue weighted by Gasteiger charge is 2.14. The van der Waals surface area contributed by atoms with Crippen LogP contribution in [-0.4, -0.2) is 31.1 Å². The van der Waals surface area contributed by atoms with Crippen LogP contribution >= 0.6 is 0 Å². The molecule has 1 aliphatic rings. The molecule has 0 bridgehead atoms. The van der Waals surface area contributed by atoms with Crippen molar-refractivity contribution in [3.05, 3.63) is 53.9 Å². The molecule has 1 fully saturated rings. The molecular formula is C21H23N3O3. The lowest BCUT2D eigenvalue weighted by atomic mass is 10.1. The Morgan fingerprint density at radius 1 is 1.26 bits per heavy atom. The molecular weight excluding hydrogens is 342 g/mol. The van der Waals surface area contributed by atoms with E-state index in [1.807, 2.05) is 36.5 Å². The molecule has 0 spiro atoms. The van der Waals surface area contributed by atoms with Gasteiger partial charge in [-0.3, -0.25) is 4.79 Å². The second-order valence-corrected chi connectivity index (χ2v) is 6.80. The van der Waals surface area contributed by atoms with E-state index in [2.05, 4.69) is 15.2 Å². The number of nitrogens with one attached hydrogen (secondary N) is 1. The second-order valence-electron chi connectivity index (χ2n) is 6.80. The lowest BCUT2D eigenvalue weighted by molar-refractivity contribution is -0.120. The van der Waals surface area contributed by atoms with E-state index in [1.165, 1.54) is 12.8 Å². The fourth-order valence-corrected chi connectivity index (χ4v) is 3.42. The van der Waals surface area contributed by atoms with Crippen LogP contribution in [0.25, 0.3) is 11.0 Å². The van der Waals surface area contributed by atoms with Gasteiger partial charge in [-0.25, -0.2) is 4.98 Å². The largest absolute Gasteiger partial charge is 0.497 e. The number of nitrogens with zero attached hydrogens (tertiary/aromatic N) is 2. The van der Waals surface area contributed by atoms with Crippen LogP contribution in [-0.2, 0) is 17.8 Å². The minimum atomic E-state index is -0.0443. The predicted octanol–water partition coefficient (Wildman–Crippen LogP) is 3.30. The molecule has 2 aromatic heterocycles. The highest BCUT2D eigenvalue weighted by Crippen LogP contribution is 2.26. The Kier molecular flexibility index (Phi) is 4.96. The molecule has 1 saturated heterocycles. The van der Waals surface area contributed by atoms with Crippen LogP contribution in [0.5, 0.6) is 5.75 Å². The molecule has 6 nitrogen and oxygen atoms in total. The summed E-state index contributed by atoms with van der Waals surface area (Å²) in [6, 6.07) is 9.67. The van der Waals surface area contributed by atoms with E-state index in [1.54, 1.807) is 13.4 Å². The molecule has 1 aliphatic heterocycles. The van der Waals surface area contributed by atoms with Gasteiger partial charge in [0.2, 0.25) is 5.91 Å². The Morgan fingerprint density at radius 2 is 2.11 bits per heavy atom. The van der Waals surface area contributed by atoms with Crippen LogP contribution in [0.3, 0.4) is 0 Å². The number of hydrogen-bond acceptors (Lipinski definition) is 5. The van der Waals surface area contributed by atoms with Crippen molar-refractivity contribution in [2.24, 2.45) is 0 Å². The lowest BCUT2D eigenvalue weighted by Gasteiger charge is -2.16. The zero-order valence-electron chi connectivity index (χ0n) is 15.4. The van der Waals surface area contributed by atoms with Gasteiger partial charge in [-0.05, 0) is 36.6 Å². The molecule has 0 aliphatic carbocycles. The third kappa shape index (κ3) is 3.89. The molecule has 6 heteroatoms. The van der Waals surface area contributed by atoms with Crippen LogP contribution in [0.4, 0.5) is 5.82 Å². The van der Waals surface area contributed by atoms with Gasteiger partial charge in [0.1, 0.15) is 17.2 Å². The van der Waals surface area contributed by atoms with Gasteiger partial charge in [-0.15, -0.1) is 0 Å². The fraction of sp³-hybridized carbons (Fsp3) is 0.333. The molecule has 0 unspecified atom stereocenters. The van der Waals surface area contributed by atoms with Gasteiger partial charge in [0.25, 0.3) is 0 Å². The monoisotopic (exact) mass is 365 g/mol. The maximum Gasteiger partial charge on any atom is 0.224 e. The number of amides is 1. The number of ether oxygens (including phenoxy) is 1. The summed E-state index contributed by atoms with van der Waals surface area (Å²) in [5.74, 6) is 1.71. The van der Waals surface area contributed by atoms with Gasteiger partial charge in [-0.2, -0.15) is 0 Å². The van der Waals surface area contributed by atoms with Crippen LogP contribution in [0.15, 0.2) is 47.2 Å². The Morgan fingerprint density at radius 3 is 2.85 bits per heavy atom. The Balaban J connectivity index is 1.34. The van der Waals surface area contributed by atoms with Crippen LogP contribution in [0.2, 0.25) is 0 Å². The highest BCUT2D eigenvalue weighted by molar-refractivity contribution is 5.88. The zero-order chi connectivity index (χ0) is 18.6. The summed E-state index contributed by atoms with van der Waals surface area (Å²) in [7, 11) is 1.62. The number of methoxy groups -OCH3 is 1. The van der Waals surface area contributed by atoms with Crippen LogP contribution in [0.1, 0.15) is 24.0 Å². The van der Waals surface area contributed by atoms with Gasteiger partial charge in [0.05, 0.1) is 19.8 Å². The normalized spacial score (nSPS) is 13.9. The Hall–Kier alpha value is -3.02. The van der Waals surface area contributed by atoms with Crippen molar-refractivity contribution in [1.82, 2.24) is 10.3 Å². The minimum Gasteiger partial charge on any atom is -0.497 e. The topological polar surface area (TPSA) is 67.6 Å². The smallest absolute Gasteiger partial charge is 0.224 e. The third-order valence-electron chi connectivity index (χ3n) is 4.94. The average molecular weight is 365 g/mol. The quantitative estimate of drug-likeness (QED) is 0.726.